The van der Waals surface area contributed by atoms with E-state index in [1.54, 1.807) is 6.92 Å². The third-order valence-electron chi connectivity index (χ3n) is 2.36. The average Bonchev–Trinajstić information content (AvgIpc) is 2.38. The summed E-state index contributed by atoms with van der Waals surface area (Å²) in [5, 5.41) is 10.9. The van der Waals surface area contributed by atoms with Crippen LogP contribution in [0.25, 0.3) is 0 Å². The zero-order valence-electron chi connectivity index (χ0n) is 11.0. The van der Waals surface area contributed by atoms with E-state index in [9.17, 15) is 19.7 Å². The summed E-state index contributed by atoms with van der Waals surface area (Å²) >= 11 is 0. The van der Waals surface area contributed by atoms with Crippen LogP contribution >= 0.6 is 0 Å². The summed E-state index contributed by atoms with van der Waals surface area (Å²) in [5.41, 5.74) is 4.58. The molecule has 1 aromatic rings. The molecule has 0 aliphatic carbocycles. The van der Waals surface area contributed by atoms with Crippen molar-refractivity contribution < 1.29 is 24.0 Å². The molecule has 2 N–H and O–H groups in total. The van der Waals surface area contributed by atoms with Crippen LogP contribution in [-0.2, 0) is 9.53 Å². The summed E-state index contributed by atoms with van der Waals surface area (Å²) in [6, 6.07) is 3.49. The Kier molecular flexibility index (Phi) is 5.01. The topological polar surface area (TPSA) is 122 Å². The van der Waals surface area contributed by atoms with E-state index in [0.717, 1.165) is 6.07 Å². The Balaban J connectivity index is 3.03. The molecular weight excluding hydrogens is 268 g/mol. The molecule has 1 amide bonds. The summed E-state index contributed by atoms with van der Waals surface area (Å²) in [4.78, 5) is 32.6. The van der Waals surface area contributed by atoms with Crippen LogP contribution in [-0.4, -0.2) is 29.5 Å². The van der Waals surface area contributed by atoms with Gasteiger partial charge in [0.15, 0.2) is 11.9 Å². The standard InChI is InChI=1S/C12H14N2O6/c1-3-19-12(16)7(2)20-10-5-4-8(11(13)15)6-9(10)14(17)18/h4-7H,3H2,1-2H3,(H2,13,15). The minimum Gasteiger partial charge on any atom is -0.472 e. The molecule has 8 nitrogen and oxygen atoms in total. The van der Waals surface area contributed by atoms with E-state index in [-0.39, 0.29) is 17.9 Å². The van der Waals surface area contributed by atoms with Gasteiger partial charge in [-0.2, -0.15) is 0 Å². The van der Waals surface area contributed by atoms with Crippen LogP contribution in [0.4, 0.5) is 5.69 Å². The normalized spacial score (nSPS) is 11.5. The molecule has 0 saturated carbocycles. The first-order valence-corrected chi connectivity index (χ1v) is 5.78. The highest BCUT2D eigenvalue weighted by Gasteiger charge is 2.23. The number of benzene rings is 1. The maximum absolute atomic E-state index is 11.4. The molecule has 0 heterocycles. The van der Waals surface area contributed by atoms with Gasteiger partial charge in [0.1, 0.15) is 0 Å². The van der Waals surface area contributed by atoms with E-state index in [4.69, 9.17) is 15.2 Å². The smallest absolute Gasteiger partial charge is 0.347 e. The van der Waals surface area contributed by atoms with Crippen molar-refractivity contribution in [2.75, 3.05) is 6.61 Å². The Morgan fingerprint density at radius 1 is 1.45 bits per heavy atom. The number of hydrogen-bond acceptors (Lipinski definition) is 6. The second-order valence-corrected chi connectivity index (χ2v) is 3.82. The highest BCUT2D eigenvalue weighted by molar-refractivity contribution is 5.93. The Morgan fingerprint density at radius 2 is 2.10 bits per heavy atom. The molecular formula is C12H14N2O6. The fourth-order valence-corrected chi connectivity index (χ4v) is 1.41. The summed E-state index contributed by atoms with van der Waals surface area (Å²) in [6.07, 6.45) is -1.01. The number of carbonyl (C=O) groups excluding carboxylic acids is 2. The number of nitro benzene ring substituents is 1. The van der Waals surface area contributed by atoms with E-state index in [0.29, 0.717) is 0 Å². The molecule has 0 aliphatic heterocycles. The third-order valence-corrected chi connectivity index (χ3v) is 2.36. The second kappa shape index (κ2) is 6.50. The SMILES string of the molecule is CCOC(=O)C(C)Oc1ccc(C(N)=O)cc1[N+](=O)[O-]. The zero-order chi connectivity index (χ0) is 15.3. The molecule has 108 valence electrons. The molecule has 0 aromatic heterocycles. The first kappa shape index (κ1) is 15.4. The molecule has 1 aromatic carbocycles. The van der Waals surface area contributed by atoms with Gasteiger partial charge in [-0.25, -0.2) is 4.79 Å². The quantitative estimate of drug-likeness (QED) is 0.472. The Morgan fingerprint density at radius 3 is 2.60 bits per heavy atom. The maximum Gasteiger partial charge on any atom is 0.347 e. The van der Waals surface area contributed by atoms with E-state index in [1.807, 2.05) is 0 Å². The van der Waals surface area contributed by atoms with E-state index in [1.165, 1.54) is 19.1 Å². The zero-order valence-corrected chi connectivity index (χ0v) is 11.0. The summed E-state index contributed by atoms with van der Waals surface area (Å²) in [7, 11) is 0. The predicted molar refractivity (Wildman–Crippen MR) is 68.3 cm³/mol. The van der Waals surface area contributed by atoms with Gasteiger partial charge in [0, 0.05) is 11.6 Å². The van der Waals surface area contributed by atoms with E-state index >= 15 is 0 Å². The van der Waals surface area contributed by atoms with Crippen LogP contribution in [0.5, 0.6) is 5.75 Å². The van der Waals surface area contributed by atoms with Crippen molar-refractivity contribution in [1.82, 2.24) is 0 Å². The number of nitro groups is 1. The molecule has 1 atom stereocenters. The van der Waals surface area contributed by atoms with Gasteiger partial charge in [-0.05, 0) is 26.0 Å². The predicted octanol–water partition coefficient (Wildman–Crippen LogP) is 1.02. The number of carbonyl (C=O) groups is 2. The van der Waals surface area contributed by atoms with Gasteiger partial charge in [-0.15, -0.1) is 0 Å². The second-order valence-electron chi connectivity index (χ2n) is 3.82. The largest absolute Gasteiger partial charge is 0.472 e. The highest BCUT2D eigenvalue weighted by atomic mass is 16.6. The lowest BCUT2D eigenvalue weighted by Gasteiger charge is -2.13. The summed E-state index contributed by atoms with van der Waals surface area (Å²) in [5.74, 6) is -1.57. The van der Waals surface area contributed by atoms with Crippen molar-refractivity contribution in [2.24, 2.45) is 5.73 Å². The number of hydrogen-bond donors (Lipinski definition) is 1. The molecule has 8 heteroatoms. The minimum atomic E-state index is -1.01. The maximum atomic E-state index is 11.4. The van der Waals surface area contributed by atoms with Gasteiger partial charge in [-0.3, -0.25) is 14.9 Å². The minimum absolute atomic E-state index is 0.0205. The number of ether oxygens (including phenoxy) is 2. The van der Waals surface area contributed by atoms with Crippen molar-refractivity contribution in [3.63, 3.8) is 0 Å². The van der Waals surface area contributed by atoms with E-state index in [2.05, 4.69) is 0 Å². The van der Waals surface area contributed by atoms with Crippen molar-refractivity contribution in [3.8, 4) is 5.75 Å². The Bertz CT molecular complexity index is 543. The van der Waals surface area contributed by atoms with Crippen LogP contribution < -0.4 is 10.5 Å². The van der Waals surface area contributed by atoms with Gasteiger partial charge in [0.05, 0.1) is 11.5 Å². The lowest BCUT2D eigenvalue weighted by molar-refractivity contribution is -0.386. The number of amides is 1. The lowest BCUT2D eigenvalue weighted by atomic mass is 10.2. The summed E-state index contributed by atoms with van der Waals surface area (Å²) in [6.45, 7) is 3.22. The molecule has 0 fully saturated rings. The molecule has 1 rings (SSSR count). The number of rotatable bonds is 6. The molecule has 0 radical (unpaired) electrons. The van der Waals surface area contributed by atoms with Crippen molar-refractivity contribution in [1.29, 1.82) is 0 Å². The van der Waals surface area contributed by atoms with E-state index < -0.39 is 28.6 Å². The van der Waals surface area contributed by atoms with Crippen molar-refractivity contribution in [3.05, 3.63) is 33.9 Å². The number of nitrogens with zero attached hydrogens (tertiary/aromatic N) is 1. The number of nitrogens with two attached hydrogens (primary N) is 1. The number of esters is 1. The molecule has 0 aliphatic rings. The van der Waals surface area contributed by atoms with Gasteiger partial charge < -0.3 is 15.2 Å². The molecule has 0 bridgehead atoms. The highest BCUT2D eigenvalue weighted by Crippen LogP contribution is 2.28. The van der Waals surface area contributed by atoms with Crippen molar-refractivity contribution >= 4 is 17.6 Å². The third kappa shape index (κ3) is 3.67. The molecule has 1 unspecified atom stereocenters. The van der Waals surface area contributed by atoms with Gasteiger partial charge in [-0.1, -0.05) is 0 Å². The van der Waals surface area contributed by atoms with Crippen LogP contribution in [0, 0.1) is 10.1 Å². The first-order chi connectivity index (χ1) is 9.36. The Hall–Kier alpha value is -2.64. The van der Waals surface area contributed by atoms with Gasteiger partial charge in [0.25, 0.3) is 0 Å². The summed E-state index contributed by atoms with van der Waals surface area (Å²) < 4.78 is 9.92. The fourth-order valence-electron chi connectivity index (χ4n) is 1.41. The van der Waals surface area contributed by atoms with Gasteiger partial charge >= 0.3 is 11.7 Å². The number of primary amides is 1. The molecule has 0 saturated heterocycles. The van der Waals surface area contributed by atoms with Crippen molar-refractivity contribution in [2.45, 2.75) is 20.0 Å². The molecule has 0 spiro atoms. The monoisotopic (exact) mass is 282 g/mol. The van der Waals surface area contributed by atoms with Gasteiger partial charge in [0.2, 0.25) is 5.91 Å². The average molecular weight is 282 g/mol. The van der Waals surface area contributed by atoms with Crippen LogP contribution in [0.15, 0.2) is 18.2 Å². The van der Waals surface area contributed by atoms with Crippen LogP contribution in [0.1, 0.15) is 24.2 Å². The van der Waals surface area contributed by atoms with Crippen LogP contribution in [0.3, 0.4) is 0 Å². The lowest BCUT2D eigenvalue weighted by Crippen LogP contribution is -2.26. The first-order valence-electron chi connectivity index (χ1n) is 5.78. The molecule has 20 heavy (non-hydrogen) atoms. The van der Waals surface area contributed by atoms with Crippen LogP contribution in [0.2, 0.25) is 0 Å². The Labute approximate surface area is 114 Å². The fraction of sp³-hybridized carbons (Fsp3) is 0.333.